The molecule has 0 heterocycles. The summed E-state index contributed by atoms with van der Waals surface area (Å²) in [6, 6.07) is 5.84. The van der Waals surface area contributed by atoms with E-state index in [4.69, 9.17) is 11.6 Å². The van der Waals surface area contributed by atoms with Gasteiger partial charge in [0, 0.05) is 18.3 Å². The molecule has 0 radical (unpaired) electrons. The van der Waals surface area contributed by atoms with E-state index in [2.05, 4.69) is 10.1 Å². The molecule has 0 unspecified atom stereocenters. The average molecular weight is 207 g/mol. The fourth-order valence-corrected chi connectivity index (χ4v) is 0.856. The number of nitro groups is 1. The molecule has 78 valence electrons. The Morgan fingerprint density at radius 2 is 2.00 bits per heavy atom. The van der Waals surface area contributed by atoms with Crippen molar-refractivity contribution >= 4 is 17.9 Å². The van der Waals surface area contributed by atoms with Gasteiger partial charge in [0.25, 0.3) is 5.69 Å². The van der Waals surface area contributed by atoms with Crippen LogP contribution in [0.25, 0.3) is 0 Å². The van der Waals surface area contributed by atoms with E-state index in [1.54, 1.807) is 12.1 Å². The molecule has 1 rings (SSSR count). The second-order valence-corrected chi connectivity index (χ2v) is 2.59. The number of guanidine groups is 1. The number of nitro benzene ring substituents is 1. The molecule has 15 heavy (non-hydrogen) atoms. The third-order valence-electron chi connectivity index (χ3n) is 1.58. The van der Waals surface area contributed by atoms with Gasteiger partial charge in [-0.05, 0) is 17.7 Å². The predicted octanol–water partition coefficient (Wildman–Crippen LogP) is 0.202. The maximum Gasteiger partial charge on any atom is 0.269 e. The Morgan fingerprint density at radius 3 is 2.47 bits per heavy atom. The zero-order chi connectivity index (χ0) is 11.3. The summed E-state index contributed by atoms with van der Waals surface area (Å²) < 4.78 is 0. The van der Waals surface area contributed by atoms with Gasteiger partial charge in [-0.15, -0.1) is 5.10 Å². The molecule has 0 bridgehead atoms. The maximum atomic E-state index is 10.3. The lowest BCUT2D eigenvalue weighted by Gasteiger charge is -1.93. The highest BCUT2D eigenvalue weighted by atomic mass is 16.6. The second kappa shape index (κ2) is 4.70. The molecule has 0 aromatic heterocycles. The maximum absolute atomic E-state index is 10.3. The first-order chi connectivity index (χ1) is 7.13. The lowest BCUT2D eigenvalue weighted by molar-refractivity contribution is -0.384. The van der Waals surface area contributed by atoms with Gasteiger partial charge in [0.05, 0.1) is 4.92 Å². The van der Waals surface area contributed by atoms with Gasteiger partial charge in [-0.2, -0.15) is 0 Å². The predicted molar refractivity (Wildman–Crippen MR) is 56.5 cm³/mol. The SMILES string of the molecule is N/N=C(\N)N=Cc1ccc([N+](=O)[O-])cc1. The van der Waals surface area contributed by atoms with Crippen LogP contribution in [-0.2, 0) is 0 Å². The van der Waals surface area contributed by atoms with Gasteiger partial charge in [-0.25, -0.2) is 4.99 Å². The highest BCUT2D eigenvalue weighted by molar-refractivity contribution is 5.92. The lowest BCUT2D eigenvalue weighted by Crippen LogP contribution is -2.10. The Kier molecular flexibility index (Phi) is 3.33. The fraction of sp³-hybridized carbons (Fsp3) is 0. The summed E-state index contributed by atoms with van der Waals surface area (Å²) in [5.41, 5.74) is 5.91. The Balaban J connectivity index is 2.81. The highest BCUT2D eigenvalue weighted by Gasteiger charge is 2.02. The largest absolute Gasteiger partial charge is 0.367 e. The molecule has 7 nitrogen and oxygen atoms in total. The van der Waals surface area contributed by atoms with Crippen molar-refractivity contribution in [1.29, 1.82) is 0 Å². The number of benzene rings is 1. The Hall–Kier alpha value is -2.44. The van der Waals surface area contributed by atoms with Gasteiger partial charge in [0.15, 0.2) is 0 Å². The molecule has 0 aliphatic carbocycles. The lowest BCUT2D eigenvalue weighted by atomic mass is 10.2. The zero-order valence-corrected chi connectivity index (χ0v) is 7.70. The number of nitrogens with two attached hydrogens (primary N) is 2. The van der Waals surface area contributed by atoms with Crippen LogP contribution in [0.15, 0.2) is 34.4 Å². The van der Waals surface area contributed by atoms with E-state index in [9.17, 15) is 10.1 Å². The topological polar surface area (TPSA) is 120 Å². The quantitative estimate of drug-likeness (QED) is 0.236. The van der Waals surface area contributed by atoms with Crippen molar-refractivity contribution in [2.45, 2.75) is 0 Å². The molecule has 0 aliphatic rings. The standard InChI is InChI=1S/C8H9N5O2/c9-8(12-10)11-5-6-1-3-7(4-2-6)13(14)15/h1-5H,10H2,(H2,9,12). The van der Waals surface area contributed by atoms with E-state index < -0.39 is 4.92 Å². The Bertz CT molecular complexity index is 410. The molecular formula is C8H9N5O2. The van der Waals surface area contributed by atoms with E-state index >= 15 is 0 Å². The number of non-ortho nitro benzene ring substituents is 1. The van der Waals surface area contributed by atoms with Crippen LogP contribution in [0.1, 0.15) is 5.56 Å². The van der Waals surface area contributed by atoms with Crippen molar-refractivity contribution < 1.29 is 4.92 Å². The molecule has 0 saturated carbocycles. The smallest absolute Gasteiger partial charge is 0.269 e. The minimum Gasteiger partial charge on any atom is -0.367 e. The molecule has 0 saturated heterocycles. The molecule has 1 aromatic carbocycles. The van der Waals surface area contributed by atoms with Gasteiger partial charge in [0.1, 0.15) is 0 Å². The normalized spacial score (nSPS) is 11.9. The molecular weight excluding hydrogens is 198 g/mol. The number of nitrogens with zero attached hydrogens (tertiary/aromatic N) is 3. The summed E-state index contributed by atoms with van der Waals surface area (Å²) in [6.45, 7) is 0. The molecule has 4 N–H and O–H groups in total. The Morgan fingerprint density at radius 1 is 1.40 bits per heavy atom. The summed E-state index contributed by atoms with van der Waals surface area (Å²) in [4.78, 5) is 13.6. The van der Waals surface area contributed by atoms with Crippen LogP contribution in [0, 0.1) is 10.1 Å². The van der Waals surface area contributed by atoms with Crippen LogP contribution < -0.4 is 11.6 Å². The first-order valence-corrected chi connectivity index (χ1v) is 3.95. The van der Waals surface area contributed by atoms with Crippen LogP contribution in [-0.4, -0.2) is 17.1 Å². The number of rotatable bonds is 2. The van der Waals surface area contributed by atoms with Crippen molar-refractivity contribution in [3.63, 3.8) is 0 Å². The minimum absolute atomic E-state index is 0.0209. The van der Waals surface area contributed by atoms with Gasteiger partial charge >= 0.3 is 0 Å². The van der Waals surface area contributed by atoms with Crippen LogP contribution in [0.2, 0.25) is 0 Å². The molecule has 0 fully saturated rings. The summed E-state index contributed by atoms with van der Waals surface area (Å²) in [6.07, 6.45) is 1.41. The van der Waals surface area contributed by atoms with E-state index in [1.165, 1.54) is 18.3 Å². The Labute approximate surface area is 85.3 Å². The summed E-state index contributed by atoms with van der Waals surface area (Å²) in [5, 5.41) is 13.5. The first kappa shape index (κ1) is 10.6. The van der Waals surface area contributed by atoms with Crippen molar-refractivity contribution in [1.82, 2.24) is 0 Å². The molecule has 0 spiro atoms. The van der Waals surface area contributed by atoms with Crippen LogP contribution in [0.5, 0.6) is 0 Å². The number of hydrogen-bond acceptors (Lipinski definition) is 4. The summed E-state index contributed by atoms with van der Waals surface area (Å²) in [5.74, 6) is 4.80. The monoisotopic (exact) mass is 207 g/mol. The number of hydrogen-bond donors (Lipinski definition) is 2. The van der Waals surface area contributed by atoms with Crippen molar-refractivity contribution in [3.8, 4) is 0 Å². The van der Waals surface area contributed by atoms with Crippen LogP contribution >= 0.6 is 0 Å². The first-order valence-electron chi connectivity index (χ1n) is 3.95. The third-order valence-corrected chi connectivity index (χ3v) is 1.58. The van der Waals surface area contributed by atoms with Crippen molar-refractivity contribution in [3.05, 3.63) is 39.9 Å². The zero-order valence-electron chi connectivity index (χ0n) is 7.70. The van der Waals surface area contributed by atoms with Gasteiger partial charge in [-0.3, -0.25) is 10.1 Å². The van der Waals surface area contributed by atoms with E-state index in [-0.39, 0.29) is 11.6 Å². The van der Waals surface area contributed by atoms with Gasteiger partial charge in [-0.1, -0.05) is 0 Å². The summed E-state index contributed by atoms with van der Waals surface area (Å²) >= 11 is 0. The highest BCUT2D eigenvalue weighted by Crippen LogP contribution is 2.10. The number of hydrazone groups is 1. The molecule has 7 heteroatoms. The number of aliphatic imine (C=N–C) groups is 1. The molecule has 0 aliphatic heterocycles. The van der Waals surface area contributed by atoms with Crippen molar-refractivity contribution in [2.24, 2.45) is 21.7 Å². The second-order valence-electron chi connectivity index (χ2n) is 2.59. The molecule has 0 amide bonds. The van der Waals surface area contributed by atoms with Gasteiger partial charge < -0.3 is 11.6 Å². The van der Waals surface area contributed by atoms with Crippen LogP contribution in [0.3, 0.4) is 0 Å². The molecule has 1 aromatic rings. The van der Waals surface area contributed by atoms with E-state index in [0.717, 1.165) is 0 Å². The average Bonchev–Trinajstić information content (AvgIpc) is 2.26. The summed E-state index contributed by atoms with van der Waals surface area (Å²) in [7, 11) is 0. The third kappa shape index (κ3) is 3.07. The van der Waals surface area contributed by atoms with Crippen LogP contribution in [0.4, 0.5) is 5.69 Å². The van der Waals surface area contributed by atoms with E-state index in [1.807, 2.05) is 0 Å². The minimum atomic E-state index is -0.476. The van der Waals surface area contributed by atoms with E-state index in [0.29, 0.717) is 5.56 Å². The van der Waals surface area contributed by atoms with Crippen molar-refractivity contribution in [2.75, 3.05) is 0 Å². The fourth-order valence-electron chi connectivity index (χ4n) is 0.856. The molecule has 0 atom stereocenters. The van der Waals surface area contributed by atoms with Gasteiger partial charge in [0.2, 0.25) is 5.96 Å².